The molecule has 0 spiro atoms. The Morgan fingerprint density at radius 2 is 1.62 bits per heavy atom. The Kier molecular flexibility index (Phi) is 6.46. The quantitative estimate of drug-likeness (QED) is 0.567. The molecule has 0 aliphatic heterocycles. The van der Waals surface area contributed by atoms with Crippen molar-refractivity contribution in [1.82, 2.24) is 0 Å². The van der Waals surface area contributed by atoms with Gasteiger partial charge in [-0.2, -0.15) is 0 Å². The normalized spacial score (nSPS) is 38.2. The van der Waals surface area contributed by atoms with E-state index in [1.807, 2.05) is 0 Å². The van der Waals surface area contributed by atoms with Gasteiger partial charge in [-0.3, -0.25) is 0 Å². The van der Waals surface area contributed by atoms with E-state index in [1.54, 1.807) is 0 Å². The summed E-state index contributed by atoms with van der Waals surface area (Å²) in [5.74, 6) is 3.84. The fourth-order valence-corrected chi connectivity index (χ4v) is 3.55. The van der Waals surface area contributed by atoms with Gasteiger partial charge < -0.3 is 0 Å². The third kappa shape index (κ3) is 4.47. The molecule has 1 fully saturated rings. The van der Waals surface area contributed by atoms with E-state index in [2.05, 4.69) is 27.7 Å². The molecule has 4 unspecified atom stereocenters. The van der Waals surface area contributed by atoms with Gasteiger partial charge in [-0.15, -0.1) is 0 Å². The van der Waals surface area contributed by atoms with E-state index in [0.29, 0.717) is 0 Å². The van der Waals surface area contributed by atoms with E-state index in [1.165, 1.54) is 51.4 Å². The van der Waals surface area contributed by atoms with Gasteiger partial charge in [0.05, 0.1) is 0 Å². The van der Waals surface area contributed by atoms with Crippen LogP contribution in [0.1, 0.15) is 79.1 Å². The molecule has 0 aromatic carbocycles. The molecule has 0 aromatic heterocycles. The monoisotopic (exact) mass is 224 g/mol. The van der Waals surface area contributed by atoms with Crippen molar-refractivity contribution in [2.75, 3.05) is 0 Å². The zero-order valence-electron chi connectivity index (χ0n) is 12.0. The highest BCUT2D eigenvalue weighted by Gasteiger charge is 2.24. The summed E-state index contributed by atoms with van der Waals surface area (Å²) in [5, 5.41) is 0. The first-order valence-electron chi connectivity index (χ1n) is 7.65. The number of hydrogen-bond donors (Lipinski definition) is 0. The van der Waals surface area contributed by atoms with Gasteiger partial charge in [0, 0.05) is 0 Å². The topological polar surface area (TPSA) is 0 Å². The molecule has 0 heteroatoms. The Hall–Kier alpha value is 0. The summed E-state index contributed by atoms with van der Waals surface area (Å²) in [4.78, 5) is 0. The molecule has 0 bridgehead atoms. The minimum Gasteiger partial charge on any atom is -0.0654 e. The molecule has 1 aliphatic carbocycles. The molecule has 96 valence electrons. The highest BCUT2D eigenvalue weighted by atomic mass is 14.3. The van der Waals surface area contributed by atoms with Crippen LogP contribution in [0.2, 0.25) is 0 Å². The minimum absolute atomic E-state index is 0.935. The van der Waals surface area contributed by atoms with Gasteiger partial charge in [-0.1, -0.05) is 72.6 Å². The molecular formula is C16H32. The van der Waals surface area contributed by atoms with Gasteiger partial charge in [-0.05, 0) is 30.1 Å². The molecule has 1 saturated carbocycles. The Morgan fingerprint density at radius 3 is 2.31 bits per heavy atom. The second kappa shape index (κ2) is 7.35. The van der Waals surface area contributed by atoms with Crippen LogP contribution in [-0.2, 0) is 0 Å². The molecule has 0 radical (unpaired) electrons. The Bertz CT molecular complexity index is 173. The Labute approximate surface area is 103 Å². The van der Waals surface area contributed by atoms with Gasteiger partial charge in [0.25, 0.3) is 0 Å². The smallest absolute Gasteiger partial charge is 0.0386 e. The lowest BCUT2D eigenvalue weighted by Gasteiger charge is -2.32. The molecule has 1 aliphatic rings. The average Bonchev–Trinajstić information content (AvgIpc) is 2.25. The zero-order valence-corrected chi connectivity index (χ0v) is 12.0. The summed E-state index contributed by atoms with van der Waals surface area (Å²) in [6.07, 6.45) is 11.7. The molecule has 0 nitrogen and oxygen atoms in total. The molecule has 0 amide bonds. The Balaban J connectivity index is 2.56. The molecular weight excluding hydrogens is 192 g/mol. The Morgan fingerprint density at radius 1 is 0.938 bits per heavy atom. The third-order valence-corrected chi connectivity index (χ3v) is 4.85. The SMILES string of the molecule is CCCC1CCCCCC(C)CC(C)C1C. The maximum atomic E-state index is 2.51. The lowest BCUT2D eigenvalue weighted by molar-refractivity contribution is 0.191. The van der Waals surface area contributed by atoms with E-state index < -0.39 is 0 Å². The second-order valence-corrected chi connectivity index (χ2v) is 6.36. The third-order valence-electron chi connectivity index (χ3n) is 4.85. The molecule has 0 saturated heterocycles. The number of hydrogen-bond acceptors (Lipinski definition) is 0. The lowest BCUT2D eigenvalue weighted by Crippen LogP contribution is -2.21. The highest BCUT2D eigenvalue weighted by molar-refractivity contribution is 4.74. The fourth-order valence-electron chi connectivity index (χ4n) is 3.55. The van der Waals surface area contributed by atoms with E-state index >= 15 is 0 Å². The van der Waals surface area contributed by atoms with Gasteiger partial charge >= 0.3 is 0 Å². The molecule has 4 atom stereocenters. The first-order chi connectivity index (χ1) is 7.65. The van der Waals surface area contributed by atoms with Crippen LogP contribution in [0.3, 0.4) is 0 Å². The molecule has 0 N–H and O–H groups in total. The summed E-state index contributed by atoms with van der Waals surface area (Å²) < 4.78 is 0. The molecule has 1 rings (SSSR count). The lowest BCUT2D eigenvalue weighted by atomic mass is 9.74. The van der Waals surface area contributed by atoms with Gasteiger partial charge in [0.15, 0.2) is 0 Å². The van der Waals surface area contributed by atoms with Crippen LogP contribution in [0, 0.1) is 23.7 Å². The summed E-state index contributed by atoms with van der Waals surface area (Å²) in [6, 6.07) is 0. The zero-order chi connectivity index (χ0) is 12.0. The fraction of sp³-hybridized carbons (Fsp3) is 1.00. The van der Waals surface area contributed by atoms with Crippen LogP contribution in [-0.4, -0.2) is 0 Å². The maximum absolute atomic E-state index is 2.51. The van der Waals surface area contributed by atoms with Crippen LogP contribution < -0.4 is 0 Å². The van der Waals surface area contributed by atoms with Crippen LogP contribution in [0.4, 0.5) is 0 Å². The van der Waals surface area contributed by atoms with Crippen molar-refractivity contribution >= 4 is 0 Å². The summed E-state index contributed by atoms with van der Waals surface area (Å²) >= 11 is 0. The second-order valence-electron chi connectivity index (χ2n) is 6.36. The summed E-state index contributed by atoms with van der Waals surface area (Å²) in [7, 11) is 0. The standard InChI is InChI=1S/C16H32/c1-5-9-16-11-8-6-7-10-13(2)12-14(3)15(16)4/h13-16H,5-12H2,1-4H3. The predicted octanol–water partition coefficient (Wildman–Crippen LogP) is 5.67. The van der Waals surface area contributed by atoms with Crippen molar-refractivity contribution in [3.05, 3.63) is 0 Å². The van der Waals surface area contributed by atoms with E-state index in [4.69, 9.17) is 0 Å². The van der Waals surface area contributed by atoms with Crippen LogP contribution in [0.5, 0.6) is 0 Å². The first kappa shape index (κ1) is 14.1. The van der Waals surface area contributed by atoms with E-state index in [-0.39, 0.29) is 0 Å². The van der Waals surface area contributed by atoms with Crippen LogP contribution >= 0.6 is 0 Å². The minimum atomic E-state index is 0.935. The summed E-state index contributed by atoms with van der Waals surface area (Å²) in [5.41, 5.74) is 0. The van der Waals surface area contributed by atoms with Crippen molar-refractivity contribution in [2.24, 2.45) is 23.7 Å². The van der Waals surface area contributed by atoms with Gasteiger partial charge in [0.2, 0.25) is 0 Å². The van der Waals surface area contributed by atoms with Crippen molar-refractivity contribution in [1.29, 1.82) is 0 Å². The average molecular weight is 224 g/mol. The maximum Gasteiger partial charge on any atom is -0.0386 e. The van der Waals surface area contributed by atoms with Crippen LogP contribution in [0.15, 0.2) is 0 Å². The van der Waals surface area contributed by atoms with Crippen LogP contribution in [0.25, 0.3) is 0 Å². The van der Waals surface area contributed by atoms with Crippen molar-refractivity contribution < 1.29 is 0 Å². The van der Waals surface area contributed by atoms with E-state index in [9.17, 15) is 0 Å². The van der Waals surface area contributed by atoms with Crippen molar-refractivity contribution in [3.8, 4) is 0 Å². The van der Waals surface area contributed by atoms with Gasteiger partial charge in [-0.25, -0.2) is 0 Å². The summed E-state index contributed by atoms with van der Waals surface area (Å²) in [6.45, 7) is 9.81. The molecule has 0 aromatic rings. The van der Waals surface area contributed by atoms with Gasteiger partial charge in [0.1, 0.15) is 0 Å². The number of rotatable bonds is 2. The first-order valence-corrected chi connectivity index (χ1v) is 7.65. The largest absolute Gasteiger partial charge is 0.0654 e. The highest BCUT2D eigenvalue weighted by Crippen LogP contribution is 2.34. The van der Waals surface area contributed by atoms with E-state index in [0.717, 1.165) is 23.7 Å². The molecule has 0 heterocycles. The predicted molar refractivity (Wildman–Crippen MR) is 73.6 cm³/mol. The van der Waals surface area contributed by atoms with Crippen molar-refractivity contribution in [3.63, 3.8) is 0 Å². The molecule has 16 heavy (non-hydrogen) atoms. The van der Waals surface area contributed by atoms with Crippen molar-refractivity contribution in [2.45, 2.75) is 79.1 Å².